The third-order valence-corrected chi connectivity index (χ3v) is 2.15. The summed E-state index contributed by atoms with van der Waals surface area (Å²) in [6.45, 7) is 7.55. The number of hydrogen-bond acceptors (Lipinski definition) is 3. The van der Waals surface area contributed by atoms with Gasteiger partial charge in [-0.3, -0.25) is 4.79 Å². The van der Waals surface area contributed by atoms with Crippen LogP contribution in [0, 0.1) is 5.92 Å². The largest absolute Gasteiger partial charge is 0.464 e. The molecule has 0 heterocycles. The highest BCUT2D eigenvalue weighted by Gasteiger charge is 2.24. The molecule has 0 spiro atoms. The van der Waals surface area contributed by atoms with Crippen LogP contribution in [-0.4, -0.2) is 29.9 Å². The molecule has 5 heteroatoms. The minimum atomic E-state index is -0.649. The van der Waals surface area contributed by atoms with Crippen LogP contribution in [0.1, 0.15) is 34.1 Å². The Hall–Kier alpha value is -0.770. The van der Waals surface area contributed by atoms with Crippen LogP contribution in [0.2, 0.25) is 0 Å². The second kappa shape index (κ2) is 7.49. The molecule has 1 amide bonds. The van der Waals surface area contributed by atoms with Gasteiger partial charge in [-0.05, 0) is 26.2 Å². The van der Waals surface area contributed by atoms with Crippen molar-refractivity contribution < 1.29 is 14.3 Å². The minimum Gasteiger partial charge on any atom is -0.464 e. The summed E-state index contributed by atoms with van der Waals surface area (Å²) < 4.78 is 4.89. The Morgan fingerprint density at radius 2 is 1.88 bits per heavy atom. The summed E-state index contributed by atoms with van der Waals surface area (Å²) in [5, 5.41) is 1.94. The van der Waals surface area contributed by atoms with Crippen LogP contribution in [0.25, 0.3) is 0 Å². The number of rotatable bonds is 6. The van der Waals surface area contributed by atoms with Crippen molar-refractivity contribution in [1.82, 2.24) is 5.32 Å². The fraction of sp³-hybridized carbons (Fsp3) is 0.818. The number of nitrogens with one attached hydrogen (secondary N) is 1. The van der Waals surface area contributed by atoms with Gasteiger partial charge in [0.05, 0.1) is 6.61 Å². The number of hydrogen-bond donors (Lipinski definition) is 1. The van der Waals surface area contributed by atoms with Crippen molar-refractivity contribution in [3.63, 3.8) is 0 Å². The lowest BCUT2D eigenvalue weighted by Gasteiger charge is -2.19. The first kappa shape index (κ1) is 15.2. The van der Waals surface area contributed by atoms with Gasteiger partial charge in [-0.2, -0.15) is 0 Å². The smallest absolute Gasteiger partial charge is 0.328 e. The SMILES string of the molecule is CCOC(=O)C(CC(C)C)NC(=O)C(C)Cl. The van der Waals surface area contributed by atoms with Gasteiger partial charge >= 0.3 is 5.97 Å². The van der Waals surface area contributed by atoms with E-state index in [4.69, 9.17) is 16.3 Å². The molecular formula is C11H20ClNO3. The van der Waals surface area contributed by atoms with Crippen LogP contribution < -0.4 is 5.32 Å². The molecule has 0 aromatic carbocycles. The molecule has 0 saturated heterocycles. The maximum absolute atomic E-state index is 11.6. The molecule has 2 atom stereocenters. The van der Waals surface area contributed by atoms with Gasteiger partial charge in [0.15, 0.2) is 0 Å². The molecule has 0 aromatic rings. The number of carbonyl (C=O) groups excluding carboxylic acids is 2. The van der Waals surface area contributed by atoms with Crippen molar-refractivity contribution in [3.05, 3.63) is 0 Å². The van der Waals surface area contributed by atoms with Crippen LogP contribution in [0.5, 0.6) is 0 Å². The maximum atomic E-state index is 11.6. The Morgan fingerprint density at radius 1 is 1.31 bits per heavy atom. The Bertz CT molecular complexity index is 241. The van der Waals surface area contributed by atoms with E-state index in [0.717, 1.165) is 0 Å². The summed E-state index contributed by atoms with van der Waals surface area (Å²) in [6.07, 6.45) is 0.550. The Kier molecular flexibility index (Phi) is 7.13. The van der Waals surface area contributed by atoms with E-state index in [1.54, 1.807) is 13.8 Å². The van der Waals surface area contributed by atoms with Crippen molar-refractivity contribution in [2.75, 3.05) is 6.61 Å². The number of carbonyl (C=O) groups is 2. The van der Waals surface area contributed by atoms with Crippen molar-refractivity contribution in [3.8, 4) is 0 Å². The first-order chi connectivity index (χ1) is 7.38. The van der Waals surface area contributed by atoms with Gasteiger partial charge in [0, 0.05) is 0 Å². The van der Waals surface area contributed by atoms with Gasteiger partial charge in [-0.15, -0.1) is 11.6 Å². The third kappa shape index (κ3) is 5.95. The van der Waals surface area contributed by atoms with Crippen LogP contribution in [0.3, 0.4) is 0 Å². The maximum Gasteiger partial charge on any atom is 0.328 e. The fourth-order valence-electron chi connectivity index (χ4n) is 1.21. The van der Waals surface area contributed by atoms with E-state index in [9.17, 15) is 9.59 Å². The normalized spacial score (nSPS) is 14.4. The van der Waals surface area contributed by atoms with Crippen LogP contribution >= 0.6 is 11.6 Å². The highest BCUT2D eigenvalue weighted by molar-refractivity contribution is 6.30. The highest BCUT2D eigenvalue weighted by Crippen LogP contribution is 2.07. The molecule has 16 heavy (non-hydrogen) atoms. The average molecular weight is 250 g/mol. The van der Waals surface area contributed by atoms with E-state index >= 15 is 0 Å². The number of ether oxygens (including phenoxy) is 1. The number of esters is 1. The number of halogens is 1. The molecule has 0 fully saturated rings. The molecule has 94 valence electrons. The van der Waals surface area contributed by atoms with E-state index in [1.807, 2.05) is 13.8 Å². The zero-order valence-corrected chi connectivity index (χ0v) is 11.0. The quantitative estimate of drug-likeness (QED) is 0.576. The van der Waals surface area contributed by atoms with E-state index in [1.165, 1.54) is 0 Å². The standard InChI is InChI=1S/C11H20ClNO3/c1-5-16-11(15)9(6-7(2)3)13-10(14)8(4)12/h7-9H,5-6H2,1-4H3,(H,13,14). The molecule has 0 aliphatic heterocycles. The Balaban J connectivity index is 4.42. The van der Waals surface area contributed by atoms with E-state index < -0.39 is 17.4 Å². The predicted octanol–water partition coefficient (Wildman–Crippen LogP) is 1.71. The molecule has 1 N–H and O–H groups in total. The summed E-state index contributed by atoms with van der Waals surface area (Å²) in [4.78, 5) is 22.9. The summed E-state index contributed by atoms with van der Waals surface area (Å²) >= 11 is 5.63. The van der Waals surface area contributed by atoms with Crippen LogP contribution in [0.15, 0.2) is 0 Å². The topological polar surface area (TPSA) is 55.4 Å². The lowest BCUT2D eigenvalue weighted by atomic mass is 10.0. The lowest BCUT2D eigenvalue weighted by Crippen LogP contribution is -2.45. The lowest BCUT2D eigenvalue weighted by molar-refractivity contribution is -0.147. The summed E-state index contributed by atoms with van der Waals surface area (Å²) in [5.74, 6) is -0.456. The van der Waals surface area contributed by atoms with Crippen molar-refractivity contribution in [2.24, 2.45) is 5.92 Å². The van der Waals surface area contributed by atoms with Gasteiger partial charge in [-0.25, -0.2) is 4.79 Å². The monoisotopic (exact) mass is 249 g/mol. The first-order valence-electron chi connectivity index (χ1n) is 5.49. The molecule has 0 aliphatic carbocycles. The molecule has 0 aliphatic rings. The molecule has 2 unspecified atom stereocenters. The average Bonchev–Trinajstić information content (AvgIpc) is 2.16. The molecule has 0 bridgehead atoms. The minimum absolute atomic E-state index is 0.292. The third-order valence-electron chi connectivity index (χ3n) is 1.96. The predicted molar refractivity (Wildman–Crippen MR) is 63.3 cm³/mol. The Morgan fingerprint density at radius 3 is 2.25 bits per heavy atom. The van der Waals surface area contributed by atoms with Gasteiger partial charge in [0.1, 0.15) is 11.4 Å². The zero-order chi connectivity index (χ0) is 12.7. The first-order valence-corrected chi connectivity index (χ1v) is 5.93. The second-order valence-electron chi connectivity index (χ2n) is 4.06. The Labute approximate surface area is 102 Å². The van der Waals surface area contributed by atoms with E-state index in [2.05, 4.69) is 5.32 Å². The molecule has 4 nitrogen and oxygen atoms in total. The highest BCUT2D eigenvalue weighted by atomic mass is 35.5. The fourth-order valence-corrected chi connectivity index (χ4v) is 1.28. The van der Waals surface area contributed by atoms with Gasteiger partial charge < -0.3 is 10.1 Å². The summed E-state index contributed by atoms with van der Waals surface area (Å²) in [6, 6.07) is -0.603. The second-order valence-corrected chi connectivity index (χ2v) is 4.71. The summed E-state index contributed by atoms with van der Waals surface area (Å²) in [5.41, 5.74) is 0. The molecular weight excluding hydrogens is 230 g/mol. The van der Waals surface area contributed by atoms with Crippen LogP contribution in [0.4, 0.5) is 0 Å². The molecule has 0 rings (SSSR count). The molecule has 0 saturated carbocycles. The van der Waals surface area contributed by atoms with Gasteiger partial charge in [0.2, 0.25) is 5.91 Å². The molecule has 0 radical (unpaired) electrons. The van der Waals surface area contributed by atoms with Crippen molar-refractivity contribution >= 4 is 23.5 Å². The van der Waals surface area contributed by atoms with Crippen molar-refractivity contribution in [1.29, 1.82) is 0 Å². The van der Waals surface area contributed by atoms with E-state index in [-0.39, 0.29) is 5.91 Å². The van der Waals surface area contributed by atoms with Gasteiger partial charge in [-0.1, -0.05) is 13.8 Å². The van der Waals surface area contributed by atoms with E-state index in [0.29, 0.717) is 18.9 Å². The number of alkyl halides is 1. The van der Waals surface area contributed by atoms with Crippen molar-refractivity contribution in [2.45, 2.75) is 45.5 Å². The molecule has 0 aromatic heterocycles. The van der Waals surface area contributed by atoms with Gasteiger partial charge in [0.25, 0.3) is 0 Å². The number of amides is 1. The zero-order valence-electron chi connectivity index (χ0n) is 10.2. The summed E-state index contributed by atoms with van der Waals surface area (Å²) in [7, 11) is 0. The van der Waals surface area contributed by atoms with Crippen LogP contribution in [-0.2, 0) is 14.3 Å².